The van der Waals surface area contributed by atoms with Gasteiger partial charge in [0.15, 0.2) is 6.23 Å². The van der Waals surface area contributed by atoms with Gasteiger partial charge in [0, 0.05) is 53.7 Å². The van der Waals surface area contributed by atoms with Crippen LogP contribution in [0.5, 0.6) is 11.5 Å². The van der Waals surface area contributed by atoms with E-state index in [9.17, 15) is 13.5 Å². The Morgan fingerprint density at radius 3 is 2.58 bits per heavy atom. The van der Waals surface area contributed by atoms with Crippen molar-refractivity contribution < 1.29 is 23.0 Å². The van der Waals surface area contributed by atoms with Crippen molar-refractivity contribution in [3.05, 3.63) is 76.3 Å². The standard InChI is InChI=1S/C26H28ClN5O5S/c1-5-38(34,35)31-18-8-6-16(7-9-18)10-11-32-24-17(15-29-26(28-2)30-24)12-21(25(32)33)20-13-19(36-3)14-22(37-4)23(20)27/h5-9,12-15,25,31,33H,1,10-11H2,2-4H3,(H,28,29,30). The average Bonchev–Trinajstić information content (AvgIpc) is 2.93. The minimum atomic E-state index is -3.59. The Bertz CT molecular complexity index is 1480. The number of ether oxygens (including phenoxy) is 2. The van der Waals surface area contributed by atoms with Crippen LogP contribution in [0.25, 0.3) is 11.6 Å². The van der Waals surface area contributed by atoms with E-state index in [0.29, 0.717) is 63.6 Å². The fourth-order valence-corrected chi connectivity index (χ4v) is 4.89. The minimum Gasteiger partial charge on any atom is -0.497 e. The molecule has 1 aromatic heterocycles. The zero-order chi connectivity index (χ0) is 27.4. The van der Waals surface area contributed by atoms with Crippen molar-refractivity contribution in [1.29, 1.82) is 0 Å². The summed E-state index contributed by atoms with van der Waals surface area (Å²) >= 11 is 6.66. The number of nitrogens with zero attached hydrogens (tertiary/aromatic N) is 3. The molecule has 0 amide bonds. The number of aromatic nitrogens is 2. The lowest BCUT2D eigenvalue weighted by Gasteiger charge is -2.35. The SMILES string of the molecule is C=CS(=O)(=O)Nc1ccc(CCN2c3nc(NC)ncc3C=C(c3cc(OC)cc(OC)c3Cl)C2O)cc1. The van der Waals surface area contributed by atoms with E-state index in [2.05, 4.69) is 26.6 Å². The highest BCUT2D eigenvalue weighted by Gasteiger charge is 2.31. The molecule has 0 spiro atoms. The first-order valence-electron chi connectivity index (χ1n) is 11.6. The Balaban J connectivity index is 1.68. The van der Waals surface area contributed by atoms with Crippen molar-refractivity contribution in [3.8, 4) is 11.5 Å². The van der Waals surface area contributed by atoms with Crippen molar-refractivity contribution in [3.63, 3.8) is 0 Å². The summed E-state index contributed by atoms with van der Waals surface area (Å²) < 4.78 is 36.7. The highest BCUT2D eigenvalue weighted by Crippen LogP contribution is 2.42. The van der Waals surface area contributed by atoms with Crippen LogP contribution in [-0.2, 0) is 16.4 Å². The molecular weight excluding hydrogens is 530 g/mol. The van der Waals surface area contributed by atoms with Crippen molar-refractivity contribution in [1.82, 2.24) is 9.97 Å². The second-order valence-electron chi connectivity index (χ2n) is 8.34. The molecule has 4 rings (SSSR count). The molecule has 0 bridgehead atoms. The molecule has 0 saturated heterocycles. The first kappa shape index (κ1) is 27.2. The number of methoxy groups -OCH3 is 2. The minimum absolute atomic E-state index is 0.340. The molecule has 0 radical (unpaired) electrons. The molecule has 1 atom stereocenters. The third-order valence-corrected chi connectivity index (χ3v) is 7.38. The van der Waals surface area contributed by atoms with Gasteiger partial charge in [-0.3, -0.25) is 4.72 Å². The molecular formula is C26H28ClN5O5S. The van der Waals surface area contributed by atoms with Crippen LogP contribution < -0.4 is 24.4 Å². The number of aliphatic hydroxyl groups is 1. The number of hydrogen-bond donors (Lipinski definition) is 3. The number of halogens is 1. The predicted octanol–water partition coefficient (Wildman–Crippen LogP) is 4.00. The van der Waals surface area contributed by atoms with Crippen molar-refractivity contribution in [2.24, 2.45) is 0 Å². The van der Waals surface area contributed by atoms with E-state index < -0.39 is 16.3 Å². The van der Waals surface area contributed by atoms with Crippen LogP contribution in [0.2, 0.25) is 5.02 Å². The number of aliphatic hydroxyl groups excluding tert-OH is 1. The summed E-state index contributed by atoms with van der Waals surface area (Å²) in [5, 5.41) is 15.7. The lowest BCUT2D eigenvalue weighted by molar-refractivity contribution is 0.224. The molecule has 3 N–H and O–H groups in total. The molecule has 0 aliphatic carbocycles. The molecule has 1 unspecified atom stereocenters. The van der Waals surface area contributed by atoms with E-state index in [1.54, 1.807) is 55.6 Å². The Morgan fingerprint density at radius 2 is 1.95 bits per heavy atom. The summed E-state index contributed by atoms with van der Waals surface area (Å²) in [4.78, 5) is 10.7. The Kier molecular flexibility index (Phi) is 8.10. The van der Waals surface area contributed by atoms with E-state index in [1.807, 2.05) is 12.1 Å². The van der Waals surface area contributed by atoms with Crippen LogP contribution in [0.1, 0.15) is 16.7 Å². The number of benzene rings is 2. The van der Waals surface area contributed by atoms with Gasteiger partial charge in [0.25, 0.3) is 10.0 Å². The number of fused-ring (bicyclic) bond motifs is 1. The van der Waals surface area contributed by atoms with Crippen LogP contribution in [0.3, 0.4) is 0 Å². The van der Waals surface area contributed by atoms with Crippen molar-refractivity contribution in [2.75, 3.05) is 42.8 Å². The second kappa shape index (κ2) is 11.3. The first-order valence-corrected chi connectivity index (χ1v) is 13.5. The topological polar surface area (TPSA) is 126 Å². The molecule has 1 aliphatic heterocycles. The molecule has 10 nitrogen and oxygen atoms in total. The zero-order valence-electron chi connectivity index (χ0n) is 21.1. The molecule has 0 fully saturated rings. The van der Waals surface area contributed by atoms with Crippen LogP contribution in [0.4, 0.5) is 17.5 Å². The fraction of sp³-hybridized carbons (Fsp3) is 0.231. The Hall–Kier alpha value is -3.80. The Labute approximate surface area is 226 Å². The van der Waals surface area contributed by atoms with Crippen LogP contribution >= 0.6 is 11.6 Å². The normalized spacial score (nSPS) is 14.8. The van der Waals surface area contributed by atoms with Crippen molar-refractivity contribution in [2.45, 2.75) is 12.6 Å². The highest BCUT2D eigenvalue weighted by molar-refractivity contribution is 7.95. The maximum Gasteiger partial charge on any atom is 0.254 e. The second-order valence-corrected chi connectivity index (χ2v) is 10.3. The molecule has 38 heavy (non-hydrogen) atoms. The lowest BCUT2D eigenvalue weighted by atomic mass is 9.96. The summed E-state index contributed by atoms with van der Waals surface area (Å²) in [7, 11) is 1.18. The monoisotopic (exact) mass is 557 g/mol. The maximum absolute atomic E-state index is 11.7. The van der Waals surface area contributed by atoms with Gasteiger partial charge >= 0.3 is 0 Å². The molecule has 1 aliphatic rings. The van der Waals surface area contributed by atoms with E-state index >= 15 is 0 Å². The average molecular weight is 558 g/mol. The van der Waals surface area contributed by atoms with Gasteiger partial charge in [0.05, 0.1) is 19.2 Å². The molecule has 12 heteroatoms. The Morgan fingerprint density at radius 1 is 1.21 bits per heavy atom. The smallest absolute Gasteiger partial charge is 0.254 e. The number of sulfonamides is 1. The van der Waals surface area contributed by atoms with Crippen LogP contribution in [0, 0.1) is 0 Å². The molecule has 200 valence electrons. The number of anilines is 3. The van der Waals surface area contributed by atoms with Crippen LogP contribution in [-0.4, -0.2) is 57.5 Å². The van der Waals surface area contributed by atoms with Gasteiger partial charge < -0.3 is 24.8 Å². The highest BCUT2D eigenvalue weighted by atomic mass is 35.5. The number of hydrogen-bond acceptors (Lipinski definition) is 9. The van der Waals surface area contributed by atoms with Gasteiger partial charge in [-0.25, -0.2) is 13.4 Å². The third-order valence-electron chi connectivity index (χ3n) is 6.03. The largest absolute Gasteiger partial charge is 0.497 e. The summed E-state index contributed by atoms with van der Waals surface area (Å²) in [6.07, 6.45) is 2.93. The summed E-state index contributed by atoms with van der Waals surface area (Å²) in [5.74, 6) is 1.92. The summed E-state index contributed by atoms with van der Waals surface area (Å²) in [6, 6.07) is 10.4. The predicted molar refractivity (Wildman–Crippen MR) is 150 cm³/mol. The van der Waals surface area contributed by atoms with E-state index in [4.69, 9.17) is 21.1 Å². The first-order chi connectivity index (χ1) is 18.2. The fourth-order valence-electron chi connectivity index (χ4n) is 4.05. The zero-order valence-corrected chi connectivity index (χ0v) is 22.7. The van der Waals surface area contributed by atoms with Gasteiger partial charge in [-0.05, 0) is 36.3 Å². The molecule has 2 heterocycles. The quantitative estimate of drug-likeness (QED) is 0.339. The van der Waals surface area contributed by atoms with Gasteiger partial charge in [-0.1, -0.05) is 30.3 Å². The maximum atomic E-state index is 11.7. The molecule has 3 aromatic rings. The van der Waals surface area contributed by atoms with Gasteiger partial charge in [-0.2, -0.15) is 4.98 Å². The number of rotatable bonds is 10. The van der Waals surface area contributed by atoms with Crippen molar-refractivity contribution >= 4 is 50.7 Å². The van der Waals surface area contributed by atoms with Gasteiger partial charge in [0.2, 0.25) is 5.95 Å². The van der Waals surface area contributed by atoms with E-state index in [0.717, 1.165) is 11.0 Å². The summed E-state index contributed by atoms with van der Waals surface area (Å²) in [6.45, 7) is 3.69. The van der Waals surface area contributed by atoms with Crippen LogP contribution in [0.15, 0.2) is 54.6 Å². The molecule has 2 aromatic carbocycles. The van der Waals surface area contributed by atoms with E-state index in [-0.39, 0.29) is 0 Å². The molecule has 0 saturated carbocycles. The summed E-state index contributed by atoms with van der Waals surface area (Å²) in [5.41, 5.74) is 3.16. The third kappa shape index (κ3) is 5.69. The van der Waals surface area contributed by atoms with Gasteiger partial charge in [-0.15, -0.1) is 0 Å². The van der Waals surface area contributed by atoms with E-state index in [1.165, 1.54) is 7.11 Å². The van der Waals surface area contributed by atoms with Gasteiger partial charge in [0.1, 0.15) is 17.3 Å². The number of nitrogens with one attached hydrogen (secondary N) is 2. The lowest BCUT2D eigenvalue weighted by Crippen LogP contribution is -2.41.